The monoisotopic (exact) mass is 313 g/mol. The highest BCUT2D eigenvalue weighted by Gasteiger charge is 2.30. The third-order valence-corrected chi connectivity index (χ3v) is 3.37. The van der Waals surface area contributed by atoms with Crippen molar-refractivity contribution in [2.45, 2.75) is 26.3 Å². The van der Waals surface area contributed by atoms with E-state index in [1.54, 1.807) is 6.07 Å². The maximum absolute atomic E-state index is 13.2. The lowest BCUT2D eigenvalue weighted by Crippen LogP contribution is -2.42. The van der Waals surface area contributed by atoms with Crippen LogP contribution in [0.25, 0.3) is 0 Å². The molecule has 1 aliphatic heterocycles. The molecule has 0 aliphatic carbocycles. The molecular formula is C13H13BrFNO2. The fourth-order valence-electron chi connectivity index (χ4n) is 2.09. The van der Waals surface area contributed by atoms with E-state index in [1.807, 2.05) is 6.92 Å². The highest BCUT2D eigenvalue weighted by Crippen LogP contribution is 2.22. The summed E-state index contributed by atoms with van der Waals surface area (Å²) in [6.45, 7) is 2.02. The van der Waals surface area contributed by atoms with Crippen molar-refractivity contribution in [1.29, 1.82) is 0 Å². The second kappa shape index (κ2) is 5.18. The van der Waals surface area contributed by atoms with Gasteiger partial charge in [0.05, 0.1) is 6.54 Å². The number of halogens is 2. The molecule has 1 aromatic rings. The van der Waals surface area contributed by atoms with Gasteiger partial charge in [-0.25, -0.2) is 4.39 Å². The van der Waals surface area contributed by atoms with Crippen LogP contribution in [0.3, 0.4) is 0 Å². The summed E-state index contributed by atoms with van der Waals surface area (Å²) in [5.41, 5.74) is 0.609. The van der Waals surface area contributed by atoms with Crippen molar-refractivity contribution in [2.24, 2.45) is 5.92 Å². The Morgan fingerprint density at radius 1 is 1.28 bits per heavy atom. The highest BCUT2D eigenvalue weighted by atomic mass is 79.9. The number of benzene rings is 1. The minimum atomic E-state index is -0.385. The Labute approximate surface area is 113 Å². The summed E-state index contributed by atoms with van der Waals surface area (Å²) in [5.74, 6) is -0.650. The van der Waals surface area contributed by atoms with Gasteiger partial charge in [0.15, 0.2) is 0 Å². The minimum Gasteiger partial charge on any atom is -0.278 e. The summed E-state index contributed by atoms with van der Waals surface area (Å²) in [4.78, 5) is 24.8. The molecule has 0 bridgehead atoms. The van der Waals surface area contributed by atoms with E-state index in [-0.39, 0.29) is 30.1 Å². The van der Waals surface area contributed by atoms with Crippen LogP contribution in [-0.4, -0.2) is 16.7 Å². The molecule has 0 spiro atoms. The van der Waals surface area contributed by atoms with E-state index in [4.69, 9.17) is 0 Å². The lowest BCUT2D eigenvalue weighted by atomic mass is 9.97. The Hall–Kier alpha value is -1.23. The van der Waals surface area contributed by atoms with Gasteiger partial charge in [-0.2, -0.15) is 0 Å². The van der Waals surface area contributed by atoms with E-state index in [0.717, 1.165) is 0 Å². The molecule has 0 atom stereocenters. The largest absolute Gasteiger partial charge is 0.278 e. The Morgan fingerprint density at radius 2 is 1.89 bits per heavy atom. The molecule has 3 nitrogen and oxygen atoms in total. The van der Waals surface area contributed by atoms with E-state index in [9.17, 15) is 14.0 Å². The number of hydrogen-bond acceptors (Lipinski definition) is 2. The van der Waals surface area contributed by atoms with E-state index in [2.05, 4.69) is 15.9 Å². The molecule has 0 aromatic heterocycles. The minimum absolute atomic E-state index is 0.0977. The third-order valence-electron chi connectivity index (χ3n) is 2.91. The van der Waals surface area contributed by atoms with Crippen LogP contribution in [-0.2, 0) is 16.1 Å². The van der Waals surface area contributed by atoms with Crippen molar-refractivity contribution < 1.29 is 14.0 Å². The van der Waals surface area contributed by atoms with E-state index < -0.39 is 0 Å². The van der Waals surface area contributed by atoms with E-state index >= 15 is 0 Å². The van der Waals surface area contributed by atoms with E-state index in [1.165, 1.54) is 17.0 Å². The fourth-order valence-corrected chi connectivity index (χ4v) is 2.60. The molecular weight excluding hydrogens is 301 g/mol. The van der Waals surface area contributed by atoms with Gasteiger partial charge in [-0.15, -0.1) is 0 Å². The smallest absolute Gasteiger partial charge is 0.229 e. The van der Waals surface area contributed by atoms with Crippen molar-refractivity contribution in [2.75, 3.05) is 0 Å². The summed E-state index contributed by atoms with van der Waals surface area (Å²) in [6, 6.07) is 4.39. The summed E-state index contributed by atoms with van der Waals surface area (Å²) >= 11 is 3.19. The summed E-state index contributed by atoms with van der Waals surface area (Å²) < 4.78 is 13.8. The average molecular weight is 314 g/mol. The molecule has 0 unspecified atom stereocenters. The molecule has 96 valence electrons. The lowest BCUT2D eigenvalue weighted by Gasteiger charge is -2.28. The zero-order valence-corrected chi connectivity index (χ0v) is 11.5. The zero-order chi connectivity index (χ0) is 13.3. The first-order valence-electron chi connectivity index (χ1n) is 5.74. The summed E-state index contributed by atoms with van der Waals surface area (Å²) in [7, 11) is 0. The van der Waals surface area contributed by atoms with Crippen LogP contribution >= 0.6 is 15.9 Å². The van der Waals surface area contributed by atoms with E-state index in [0.29, 0.717) is 22.9 Å². The van der Waals surface area contributed by atoms with Gasteiger partial charge in [-0.3, -0.25) is 14.5 Å². The number of carbonyl (C=O) groups excluding carboxylic acids is 2. The number of rotatable bonds is 2. The number of amides is 2. The molecule has 1 saturated heterocycles. The lowest BCUT2D eigenvalue weighted by molar-refractivity contribution is -0.150. The summed E-state index contributed by atoms with van der Waals surface area (Å²) in [6.07, 6.45) is 0.754. The van der Waals surface area contributed by atoms with Gasteiger partial charge in [0.1, 0.15) is 5.82 Å². The standard InChI is InChI=1S/C13H13BrFNO2/c1-8-2-12(17)16(13(18)3-8)7-9-4-10(14)6-11(15)5-9/h4-6,8H,2-3,7H2,1H3. The molecule has 2 amide bonds. The van der Waals surface area contributed by atoms with Gasteiger partial charge in [0.2, 0.25) is 11.8 Å². The molecule has 1 fully saturated rings. The Bertz CT molecular complexity index is 466. The van der Waals surface area contributed by atoms with Crippen molar-refractivity contribution in [3.8, 4) is 0 Å². The average Bonchev–Trinajstić information content (AvgIpc) is 2.22. The maximum Gasteiger partial charge on any atom is 0.229 e. The fraction of sp³-hybridized carbons (Fsp3) is 0.385. The number of likely N-dealkylation sites (tertiary alicyclic amines) is 1. The second-order valence-corrected chi connectivity index (χ2v) is 5.58. The topological polar surface area (TPSA) is 37.4 Å². The Morgan fingerprint density at radius 3 is 2.44 bits per heavy atom. The van der Waals surface area contributed by atoms with Crippen LogP contribution in [0, 0.1) is 11.7 Å². The predicted octanol–water partition coefficient (Wildman–Crippen LogP) is 2.87. The van der Waals surface area contributed by atoms with Crippen LogP contribution in [0.4, 0.5) is 4.39 Å². The maximum atomic E-state index is 13.2. The molecule has 1 aromatic carbocycles. The van der Waals surface area contributed by atoms with Crippen LogP contribution in [0.1, 0.15) is 25.3 Å². The second-order valence-electron chi connectivity index (χ2n) is 4.66. The molecule has 0 radical (unpaired) electrons. The number of hydrogen-bond donors (Lipinski definition) is 0. The zero-order valence-electron chi connectivity index (χ0n) is 9.95. The predicted molar refractivity (Wildman–Crippen MR) is 68.1 cm³/mol. The van der Waals surface area contributed by atoms with Gasteiger partial charge in [0, 0.05) is 17.3 Å². The molecule has 1 heterocycles. The molecule has 2 rings (SSSR count). The van der Waals surface area contributed by atoms with Gasteiger partial charge in [0.25, 0.3) is 0 Å². The molecule has 0 saturated carbocycles. The number of carbonyl (C=O) groups is 2. The van der Waals surface area contributed by atoms with Crippen LogP contribution in [0.2, 0.25) is 0 Å². The van der Waals surface area contributed by atoms with Crippen LogP contribution < -0.4 is 0 Å². The molecule has 0 N–H and O–H groups in total. The number of imide groups is 1. The Kier molecular flexibility index (Phi) is 3.80. The van der Waals surface area contributed by atoms with Crippen molar-refractivity contribution in [1.82, 2.24) is 4.90 Å². The van der Waals surface area contributed by atoms with Crippen LogP contribution in [0.5, 0.6) is 0 Å². The first-order valence-corrected chi connectivity index (χ1v) is 6.53. The first-order chi connectivity index (χ1) is 8.45. The SMILES string of the molecule is CC1CC(=O)N(Cc2cc(F)cc(Br)c2)C(=O)C1. The van der Waals surface area contributed by atoms with Gasteiger partial charge >= 0.3 is 0 Å². The number of piperidine rings is 1. The Balaban J connectivity index is 2.17. The van der Waals surface area contributed by atoms with Crippen LogP contribution in [0.15, 0.2) is 22.7 Å². The highest BCUT2D eigenvalue weighted by molar-refractivity contribution is 9.10. The third kappa shape index (κ3) is 2.96. The van der Waals surface area contributed by atoms with Crippen molar-refractivity contribution >= 4 is 27.7 Å². The van der Waals surface area contributed by atoms with Gasteiger partial charge in [-0.1, -0.05) is 22.9 Å². The van der Waals surface area contributed by atoms with Crippen molar-refractivity contribution in [3.63, 3.8) is 0 Å². The quantitative estimate of drug-likeness (QED) is 0.787. The molecule has 18 heavy (non-hydrogen) atoms. The van der Waals surface area contributed by atoms with Crippen molar-refractivity contribution in [3.05, 3.63) is 34.1 Å². The van der Waals surface area contributed by atoms with Gasteiger partial charge in [-0.05, 0) is 29.7 Å². The normalized spacial score (nSPS) is 17.4. The first kappa shape index (κ1) is 13.2. The molecule has 1 aliphatic rings. The molecule has 5 heteroatoms. The van der Waals surface area contributed by atoms with Gasteiger partial charge < -0.3 is 0 Å². The summed E-state index contributed by atoms with van der Waals surface area (Å²) in [5, 5.41) is 0. The number of nitrogens with zero attached hydrogens (tertiary/aromatic N) is 1.